The first-order valence-electron chi connectivity index (χ1n) is 7.75. The third-order valence-electron chi connectivity index (χ3n) is 3.77. The van der Waals surface area contributed by atoms with Crippen molar-refractivity contribution in [3.05, 3.63) is 48.0 Å². The van der Waals surface area contributed by atoms with E-state index in [0.29, 0.717) is 17.1 Å². The summed E-state index contributed by atoms with van der Waals surface area (Å²) in [5.41, 5.74) is 1.14. The van der Waals surface area contributed by atoms with E-state index >= 15 is 0 Å². The van der Waals surface area contributed by atoms with Crippen molar-refractivity contribution >= 4 is 40.9 Å². The number of methoxy groups -OCH3 is 1. The Hall–Kier alpha value is -3.00. The predicted molar refractivity (Wildman–Crippen MR) is 97.9 cm³/mol. The van der Waals surface area contributed by atoms with E-state index in [4.69, 9.17) is 9.84 Å². The topological polar surface area (TPSA) is 105 Å². The number of aromatic carboxylic acids is 1. The lowest BCUT2D eigenvalue weighted by atomic mass is 10.2. The van der Waals surface area contributed by atoms with Gasteiger partial charge in [0.1, 0.15) is 5.75 Å². The van der Waals surface area contributed by atoms with Crippen molar-refractivity contribution in [1.82, 2.24) is 0 Å². The van der Waals surface area contributed by atoms with Crippen LogP contribution in [0.25, 0.3) is 0 Å². The molecule has 1 aliphatic rings. The summed E-state index contributed by atoms with van der Waals surface area (Å²) in [6.45, 7) is 0. The Kier molecular flexibility index (Phi) is 5.13. The molecule has 0 saturated heterocycles. The number of nitrogens with one attached hydrogen (secondary N) is 2. The minimum absolute atomic E-state index is 0.0373. The lowest BCUT2D eigenvalue weighted by molar-refractivity contribution is -0.120. The number of carboxylic acid groups (broad SMARTS) is 1. The van der Waals surface area contributed by atoms with Crippen LogP contribution in [-0.2, 0) is 9.59 Å². The summed E-state index contributed by atoms with van der Waals surface area (Å²) in [5.74, 6) is -1.02. The Morgan fingerprint density at radius 2 is 2.08 bits per heavy atom. The molecule has 2 aromatic rings. The molecule has 8 heteroatoms. The van der Waals surface area contributed by atoms with Crippen molar-refractivity contribution < 1.29 is 24.2 Å². The number of fused-ring (bicyclic) bond motifs is 1. The number of amides is 2. The molecule has 0 saturated carbocycles. The van der Waals surface area contributed by atoms with Gasteiger partial charge in [0.15, 0.2) is 0 Å². The number of thioether (sulfide) groups is 1. The number of hydrogen-bond donors (Lipinski definition) is 3. The van der Waals surface area contributed by atoms with Crippen LogP contribution in [0.3, 0.4) is 0 Å². The fourth-order valence-electron chi connectivity index (χ4n) is 2.50. The summed E-state index contributed by atoms with van der Waals surface area (Å²) in [7, 11) is 1.56. The second kappa shape index (κ2) is 7.49. The second-order valence-corrected chi connectivity index (χ2v) is 6.84. The van der Waals surface area contributed by atoms with Crippen molar-refractivity contribution in [2.24, 2.45) is 0 Å². The van der Waals surface area contributed by atoms with Crippen LogP contribution in [0.1, 0.15) is 16.8 Å². The number of rotatable bonds is 5. The summed E-state index contributed by atoms with van der Waals surface area (Å²) >= 11 is 1.29. The Morgan fingerprint density at radius 1 is 1.27 bits per heavy atom. The molecule has 0 bridgehead atoms. The van der Waals surface area contributed by atoms with Gasteiger partial charge in [-0.1, -0.05) is 6.07 Å². The van der Waals surface area contributed by atoms with Crippen molar-refractivity contribution in [2.75, 3.05) is 17.7 Å². The average Bonchev–Trinajstić information content (AvgIpc) is 2.62. The zero-order chi connectivity index (χ0) is 18.7. The fraction of sp³-hybridized carbons (Fsp3) is 0.167. The van der Waals surface area contributed by atoms with Gasteiger partial charge in [-0.2, -0.15) is 0 Å². The first-order chi connectivity index (χ1) is 12.5. The third-order valence-corrected chi connectivity index (χ3v) is 5.03. The SMILES string of the molecule is COc1ccc2c(c1)SC(CC(=O)Nc1cccc(C(=O)O)c1)C(=O)N2. The molecule has 134 valence electrons. The van der Waals surface area contributed by atoms with Gasteiger partial charge in [0, 0.05) is 17.0 Å². The number of benzene rings is 2. The van der Waals surface area contributed by atoms with E-state index in [1.807, 2.05) is 0 Å². The van der Waals surface area contributed by atoms with Crippen molar-refractivity contribution in [2.45, 2.75) is 16.6 Å². The highest BCUT2D eigenvalue weighted by Crippen LogP contribution is 2.39. The summed E-state index contributed by atoms with van der Waals surface area (Å²) in [5, 5.41) is 13.8. The maximum absolute atomic E-state index is 12.3. The van der Waals surface area contributed by atoms with Crippen LogP contribution in [0.4, 0.5) is 11.4 Å². The molecule has 3 rings (SSSR count). The molecule has 1 unspecified atom stereocenters. The van der Waals surface area contributed by atoms with E-state index in [2.05, 4.69) is 10.6 Å². The largest absolute Gasteiger partial charge is 0.497 e. The van der Waals surface area contributed by atoms with Gasteiger partial charge in [0.25, 0.3) is 0 Å². The Bertz CT molecular complexity index is 884. The zero-order valence-corrected chi connectivity index (χ0v) is 14.6. The van der Waals surface area contributed by atoms with Gasteiger partial charge in [-0.15, -0.1) is 11.8 Å². The van der Waals surface area contributed by atoms with Crippen LogP contribution in [-0.4, -0.2) is 35.2 Å². The molecule has 0 radical (unpaired) electrons. The summed E-state index contributed by atoms with van der Waals surface area (Å²) in [6, 6.07) is 11.3. The van der Waals surface area contributed by atoms with Gasteiger partial charge in [-0.25, -0.2) is 4.79 Å². The third kappa shape index (κ3) is 3.97. The normalized spacial score (nSPS) is 15.6. The Labute approximate surface area is 153 Å². The van der Waals surface area contributed by atoms with E-state index in [9.17, 15) is 14.4 Å². The van der Waals surface area contributed by atoms with Crippen LogP contribution in [0.5, 0.6) is 5.75 Å². The molecule has 0 spiro atoms. The lowest BCUT2D eigenvalue weighted by Gasteiger charge is -2.24. The summed E-state index contributed by atoms with van der Waals surface area (Å²) in [6.07, 6.45) is -0.0373. The molecular formula is C18H16N2O5S. The maximum Gasteiger partial charge on any atom is 0.335 e. The quantitative estimate of drug-likeness (QED) is 0.745. The van der Waals surface area contributed by atoms with Crippen LogP contribution in [0.2, 0.25) is 0 Å². The monoisotopic (exact) mass is 372 g/mol. The number of carbonyl (C=O) groups excluding carboxylic acids is 2. The number of carboxylic acids is 1. The summed E-state index contributed by atoms with van der Waals surface area (Å²) < 4.78 is 5.18. The van der Waals surface area contributed by atoms with Crippen molar-refractivity contribution in [3.63, 3.8) is 0 Å². The molecule has 3 N–H and O–H groups in total. The van der Waals surface area contributed by atoms with Gasteiger partial charge in [-0.05, 0) is 36.4 Å². The fourth-order valence-corrected chi connectivity index (χ4v) is 3.63. The standard InChI is InChI=1S/C18H16N2O5S/c1-25-12-5-6-13-14(8-12)26-15(17(22)20-13)9-16(21)19-11-4-2-3-10(7-11)18(23)24/h2-8,15H,9H2,1H3,(H,19,21)(H,20,22)(H,23,24). The number of carbonyl (C=O) groups is 3. The molecule has 7 nitrogen and oxygen atoms in total. The van der Waals surface area contributed by atoms with Crippen molar-refractivity contribution in [3.8, 4) is 5.75 Å². The Balaban J connectivity index is 1.68. The van der Waals surface area contributed by atoms with E-state index < -0.39 is 11.2 Å². The molecule has 0 fully saturated rings. The van der Waals surface area contributed by atoms with Crippen LogP contribution in [0, 0.1) is 0 Å². The second-order valence-electron chi connectivity index (χ2n) is 5.60. The van der Waals surface area contributed by atoms with E-state index in [0.717, 1.165) is 4.90 Å². The molecule has 0 aliphatic carbocycles. The van der Waals surface area contributed by atoms with Crippen molar-refractivity contribution in [1.29, 1.82) is 0 Å². The minimum atomic E-state index is -1.08. The van der Waals surface area contributed by atoms with Gasteiger partial charge >= 0.3 is 5.97 Å². The number of ether oxygens (including phenoxy) is 1. The molecule has 26 heavy (non-hydrogen) atoms. The molecule has 2 aromatic carbocycles. The smallest absolute Gasteiger partial charge is 0.335 e. The average molecular weight is 372 g/mol. The minimum Gasteiger partial charge on any atom is -0.497 e. The molecule has 1 heterocycles. The highest BCUT2D eigenvalue weighted by molar-refractivity contribution is 8.01. The van der Waals surface area contributed by atoms with Gasteiger partial charge in [0.05, 0.1) is 23.6 Å². The van der Waals surface area contributed by atoms with Crippen LogP contribution < -0.4 is 15.4 Å². The molecule has 0 aromatic heterocycles. The van der Waals surface area contributed by atoms with Crippen LogP contribution in [0.15, 0.2) is 47.4 Å². The first-order valence-corrected chi connectivity index (χ1v) is 8.63. The molecular weight excluding hydrogens is 356 g/mol. The lowest BCUT2D eigenvalue weighted by Crippen LogP contribution is -2.32. The predicted octanol–water partition coefficient (Wildman–Crippen LogP) is 2.83. The molecule has 2 amide bonds. The highest BCUT2D eigenvalue weighted by Gasteiger charge is 2.29. The molecule has 1 atom stereocenters. The zero-order valence-electron chi connectivity index (χ0n) is 13.8. The van der Waals surface area contributed by atoms with E-state index in [1.54, 1.807) is 37.4 Å². The van der Waals surface area contributed by atoms with Gasteiger partial charge in [-0.3, -0.25) is 9.59 Å². The van der Waals surface area contributed by atoms with E-state index in [-0.39, 0.29) is 23.8 Å². The Morgan fingerprint density at radius 3 is 2.81 bits per heavy atom. The molecule has 1 aliphatic heterocycles. The van der Waals surface area contributed by atoms with Gasteiger partial charge < -0.3 is 20.5 Å². The number of hydrogen-bond acceptors (Lipinski definition) is 5. The van der Waals surface area contributed by atoms with Gasteiger partial charge in [0.2, 0.25) is 11.8 Å². The summed E-state index contributed by atoms with van der Waals surface area (Å²) in [4.78, 5) is 36.3. The number of anilines is 2. The highest BCUT2D eigenvalue weighted by atomic mass is 32.2. The van der Waals surface area contributed by atoms with E-state index in [1.165, 1.54) is 23.9 Å². The maximum atomic E-state index is 12.3. The first kappa shape index (κ1) is 17.8. The van der Waals surface area contributed by atoms with Crippen LogP contribution >= 0.6 is 11.8 Å².